The van der Waals surface area contributed by atoms with Crippen LogP contribution in [0.5, 0.6) is 0 Å². The monoisotopic (exact) mass is 487 g/mol. The lowest BCUT2D eigenvalue weighted by Crippen LogP contribution is -2.46. The van der Waals surface area contributed by atoms with Crippen molar-refractivity contribution in [3.63, 3.8) is 0 Å². The van der Waals surface area contributed by atoms with Gasteiger partial charge in [-0.25, -0.2) is 4.98 Å². The molecule has 1 saturated carbocycles. The van der Waals surface area contributed by atoms with Crippen LogP contribution in [0, 0.1) is 11.3 Å². The Morgan fingerprint density at radius 1 is 1.03 bits per heavy atom. The summed E-state index contributed by atoms with van der Waals surface area (Å²) >= 11 is 6.66. The minimum absolute atomic E-state index is 0.315. The molecule has 1 aliphatic carbocycles. The van der Waals surface area contributed by atoms with Gasteiger partial charge in [0.05, 0.1) is 22.2 Å². The topological polar surface area (TPSA) is 80.1 Å². The second-order valence-corrected chi connectivity index (χ2v) is 9.69. The zero-order valence-corrected chi connectivity index (χ0v) is 20.7. The molecule has 3 aromatic rings. The van der Waals surface area contributed by atoms with E-state index in [1.807, 2.05) is 42.5 Å². The minimum atomic E-state index is -0.315. The Morgan fingerprint density at radius 3 is 2.54 bits per heavy atom. The second kappa shape index (κ2) is 10.1. The van der Waals surface area contributed by atoms with Crippen molar-refractivity contribution in [3.05, 3.63) is 65.3 Å². The highest BCUT2D eigenvalue weighted by Crippen LogP contribution is 2.48. The van der Waals surface area contributed by atoms with E-state index >= 15 is 0 Å². The SMILES string of the molecule is CCCN1CCN(c2ccc(Nc3nccc(Nc4cccc(C5(C#N)CC5)c4)n3)cc2Cl)CC1. The molecular formula is C27H30ClN7. The van der Waals surface area contributed by atoms with E-state index in [9.17, 15) is 5.26 Å². The van der Waals surface area contributed by atoms with E-state index in [-0.39, 0.29) is 5.41 Å². The number of benzene rings is 2. The van der Waals surface area contributed by atoms with Crippen LogP contribution in [0.4, 0.5) is 28.8 Å². The standard InChI is InChI=1S/C27H30ClN7/c1-2-12-34-13-15-35(16-14-34)24-7-6-22(18-23(24)28)32-26-30-11-8-25(33-26)31-21-5-3-4-20(17-21)27(19-29)9-10-27/h3-8,11,17-18H,2,9-10,12-16H2,1H3,(H2,30,31,32,33). The van der Waals surface area contributed by atoms with Crippen molar-refractivity contribution < 1.29 is 0 Å². The molecule has 8 heteroatoms. The molecule has 0 atom stereocenters. The molecule has 2 fully saturated rings. The maximum absolute atomic E-state index is 9.49. The van der Waals surface area contributed by atoms with Gasteiger partial charge in [0.25, 0.3) is 0 Å². The van der Waals surface area contributed by atoms with Crippen LogP contribution in [-0.2, 0) is 5.41 Å². The number of nitriles is 1. The van der Waals surface area contributed by atoms with Gasteiger partial charge in [0, 0.05) is 43.8 Å². The van der Waals surface area contributed by atoms with Crippen molar-refractivity contribution >= 4 is 40.4 Å². The molecule has 180 valence electrons. The molecule has 2 aliphatic rings. The third kappa shape index (κ3) is 5.34. The van der Waals surface area contributed by atoms with Gasteiger partial charge in [-0.15, -0.1) is 0 Å². The molecule has 35 heavy (non-hydrogen) atoms. The number of aromatic nitrogens is 2. The summed E-state index contributed by atoms with van der Waals surface area (Å²) in [6.45, 7) is 7.49. The molecule has 2 aromatic carbocycles. The van der Waals surface area contributed by atoms with Gasteiger partial charge in [-0.05, 0) is 67.8 Å². The quantitative estimate of drug-likeness (QED) is 0.421. The van der Waals surface area contributed by atoms with Crippen LogP contribution in [-0.4, -0.2) is 47.6 Å². The maximum atomic E-state index is 9.49. The highest BCUT2D eigenvalue weighted by molar-refractivity contribution is 6.33. The summed E-state index contributed by atoms with van der Waals surface area (Å²) in [5, 5.41) is 16.8. The van der Waals surface area contributed by atoms with E-state index < -0.39 is 0 Å². The average molecular weight is 488 g/mol. The summed E-state index contributed by atoms with van der Waals surface area (Å²) in [7, 11) is 0. The highest BCUT2D eigenvalue weighted by atomic mass is 35.5. The second-order valence-electron chi connectivity index (χ2n) is 9.29. The van der Waals surface area contributed by atoms with E-state index in [0.717, 1.165) is 73.2 Å². The van der Waals surface area contributed by atoms with Gasteiger partial charge in [-0.2, -0.15) is 10.2 Å². The Balaban J connectivity index is 1.24. The van der Waals surface area contributed by atoms with Gasteiger partial charge in [-0.1, -0.05) is 30.7 Å². The van der Waals surface area contributed by atoms with E-state index in [2.05, 4.69) is 49.5 Å². The van der Waals surface area contributed by atoms with Crippen molar-refractivity contribution in [2.24, 2.45) is 0 Å². The molecule has 0 radical (unpaired) electrons. The van der Waals surface area contributed by atoms with Gasteiger partial charge in [0.15, 0.2) is 0 Å². The fourth-order valence-corrected chi connectivity index (χ4v) is 4.92. The van der Waals surface area contributed by atoms with Crippen LogP contribution in [0.2, 0.25) is 5.02 Å². The van der Waals surface area contributed by atoms with Crippen LogP contribution in [0.1, 0.15) is 31.7 Å². The molecule has 2 heterocycles. The van der Waals surface area contributed by atoms with E-state index in [1.54, 1.807) is 6.20 Å². The maximum Gasteiger partial charge on any atom is 0.229 e. The number of hydrogen-bond donors (Lipinski definition) is 2. The average Bonchev–Trinajstić information content (AvgIpc) is 3.67. The summed E-state index contributed by atoms with van der Waals surface area (Å²) in [5.41, 5.74) is 3.55. The van der Waals surface area contributed by atoms with Crippen LogP contribution in [0.25, 0.3) is 0 Å². The predicted molar refractivity (Wildman–Crippen MR) is 142 cm³/mol. The number of rotatable bonds is 8. The molecule has 1 aliphatic heterocycles. The number of anilines is 5. The van der Waals surface area contributed by atoms with Crippen LogP contribution >= 0.6 is 11.6 Å². The summed E-state index contributed by atoms with van der Waals surface area (Å²) in [6.07, 6.45) is 4.75. The van der Waals surface area contributed by atoms with Crippen molar-refractivity contribution in [1.29, 1.82) is 5.26 Å². The van der Waals surface area contributed by atoms with Crippen molar-refractivity contribution in [2.75, 3.05) is 48.3 Å². The Bertz CT molecular complexity index is 1230. The Morgan fingerprint density at radius 2 is 1.83 bits per heavy atom. The van der Waals surface area contributed by atoms with Crippen molar-refractivity contribution in [2.45, 2.75) is 31.6 Å². The number of piperazine rings is 1. The summed E-state index contributed by atoms with van der Waals surface area (Å²) < 4.78 is 0. The zero-order valence-electron chi connectivity index (χ0n) is 20.0. The minimum Gasteiger partial charge on any atom is -0.368 e. The molecule has 2 N–H and O–H groups in total. The van der Waals surface area contributed by atoms with Gasteiger partial charge in [-0.3, -0.25) is 4.90 Å². The first kappa shape index (κ1) is 23.4. The highest BCUT2D eigenvalue weighted by Gasteiger charge is 2.44. The lowest BCUT2D eigenvalue weighted by Gasteiger charge is -2.36. The fraction of sp³-hybridized carbons (Fsp3) is 0.370. The third-order valence-electron chi connectivity index (χ3n) is 6.76. The smallest absolute Gasteiger partial charge is 0.229 e. The first-order chi connectivity index (χ1) is 17.1. The van der Waals surface area contributed by atoms with E-state index in [1.165, 1.54) is 6.42 Å². The summed E-state index contributed by atoms with van der Waals surface area (Å²) in [4.78, 5) is 13.8. The van der Waals surface area contributed by atoms with Gasteiger partial charge >= 0.3 is 0 Å². The van der Waals surface area contributed by atoms with Crippen molar-refractivity contribution in [1.82, 2.24) is 14.9 Å². The molecule has 5 rings (SSSR count). The molecule has 0 unspecified atom stereocenters. The first-order valence-electron chi connectivity index (χ1n) is 12.2. The predicted octanol–water partition coefficient (Wildman–Crippen LogP) is 5.70. The van der Waals surface area contributed by atoms with E-state index in [4.69, 9.17) is 11.6 Å². The molecule has 0 amide bonds. The Hall–Kier alpha value is -3.34. The molecule has 7 nitrogen and oxygen atoms in total. The van der Waals surface area contributed by atoms with Crippen molar-refractivity contribution in [3.8, 4) is 6.07 Å². The van der Waals surface area contributed by atoms with Gasteiger partial charge in [0.1, 0.15) is 5.82 Å². The molecule has 1 aromatic heterocycles. The Kier molecular flexibility index (Phi) is 6.76. The van der Waals surface area contributed by atoms with Crippen LogP contribution in [0.15, 0.2) is 54.7 Å². The summed E-state index contributed by atoms with van der Waals surface area (Å²) in [5.74, 6) is 1.16. The molecule has 0 bridgehead atoms. The van der Waals surface area contributed by atoms with Crippen LogP contribution < -0.4 is 15.5 Å². The number of halogens is 1. The normalized spacial score (nSPS) is 17.0. The molecular weight excluding hydrogens is 458 g/mol. The first-order valence-corrected chi connectivity index (χ1v) is 12.6. The largest absolute Gasteiger partial charge is 0.368 e. The van der Waals surface area contributed by atoms with Gasteiger partial charge < -0.3 is 15.5 Å². The Labute approximate surface area is 211 Å². The fourth-order valence-electron chi connectivity index (χ4n) is 4.62. The zero-order chi connectivity index (χ0) is 24.3. The molecule has 1 saturated heterocycles. The van der Waals surface area contributed by atoms with E-state index in [0.29, 0.717) is 11.8 Å². The number of nitrogens with one attached hydrogen (secondary N) is 2. The lowest BCUT2D eigenvalue weighted by molar-refractivity contribution is 0.258. The summed E-state index contributed by atoms with van der Waals surface area (Å²) in [6, 6.07) is 18.3. The lowest BCUT2D eigenvalue weighted by atomic mass is 9.97. The molecule has 0 spiro atoms. The third-order valence-corrected chi connectivity index (χ3v) is 7.07. The van der Waals surface area contributed by atoms with Gasteiger partial charge in [0.2, 0.25) is 5.95 Å². The number of nitrogens with zero attached hydrogens (tertiary/aromatic N) is 5. The number of hydrogen-bond acceptors (Lipinski definition) is 7. The van der Waals surface area contributed by atoms with Crippen LogP contribution in [0.3, 0.4) is 0 Å².